The summed E-state index contributed by atoms with van der Waals surface area (Å²) in [5.41, 5.74) is -0.00971. The van der Waals surface area contributed by atoms with Crippen molar-refractivity contribution in [2.75, 3.05) is 7.11 Å². The number of nitro benzene ring substituents is 1. The Morgan fingerprint density at radius 3 is 2.54 bits per heavy atom. The molecule has 0 radical (unpaired) electrons. The molecule has 0 unspecified atom stereocenters. The molecule has 0 atom stereocenters. The number of amides is 1. The number of rotatable bonds is 7. The number of carbonyl (C=O) groups excluding carboxylic acids is 1. The summed E-state index contributed by atoms with van der Waals surface area (Å²) in [7, 11) is -3.17. The highest BCUT2D eigenvalue weighted by Gasteiger charge is 2.37. The van der Waals surface area contributed by atoms with E-state index >= 15 is 0 Å². The Bertz CT molecular complexity index is 1320. The SMILES string of the molecule is COc1cc(/C=C2/SC(=S)N(C3CCCCC3)C2=O)ccc1OS(=O)(=O)c1ccccc1[N+](=O)[O-]. The lowest BCUT2D eigenvalue weighted by molar-refractivity contribution is -0.387. The lowest BCUT2D eigenvalue weighted by atomic mass is 9.94. The van der Waals surface area contributed by atoms with Gasteiger partial charge in [0.05, 0.1) is 16.9 Å². The number of hydrogen-bond acceptors (Lipinski definition) is 9. The number of benzene rings is 2. The van der Waals surface area contributed by atoms with Crippen molar-refractivity contribution in [1.29, 1.82) is 0 Å². The van der Waals surface area contributed by atoms with Crippen molar-refractivity contribution in [3.05, 3.63) is 63.0 Å². The molecule has 4 rings (SSSR count). The second-order valence-electron chi connectivity index (χ2n) is 8.02. The Balaban J connectivity index is 1.59. The van der Waals surface area contributed by atoms with E-state index in [2.05, 4.69) is 0 Å². The number of para-hydroxylation sites is 1. The van der Waals surface area contributed by atoms with Crippen LogP contribution in [0.5, 0.6) is 11.5 Å². The number of thiocarbonyl (C=S) groups is 1. The van der Waals surface area contributed by atoms with Crippen molar-refractivity contribution in [3.8, 4) is 11.5 Å². The number of ether oxygens (including phenoxy) is 1. The Labute approximate surface area is 212 Å². The molecule has 9 nitrogen and oxygen atoms in total. The summed E-state index contributed by atoms with van der Waals surface area (Å²) in [4.78, 5) is 25.1. The molecule has 12 heteroatoms. The van der Waals surface area contributed by atoms with Gasteiger partial charge in [0, 0.05) is 12.1 Å². The molecule has 1 heterocycles. The van der Waals surface area contributed by atoms with Gasteiger partial charge in [-0.05, 0) is 42.7 Å². The van der Waals surface area contributed by atoms with Gasteiger partial charge in [-0.25, -0.2) is 0 Å². The number of methoxy groups -OCH3 is 1. The van der Waals surface area contributed by atoms with Crippen molar-refractivity contribution in [2.24, 2.45) is 0 Å². The molecule has 184 valence electrons. The van der Waals surface area contributed by atoms with Crippen molar-refractivity contribution in [3.63, 3.8) is 0 Å². The molecule has 0 bridgehead atoms. The van der Waals surface area contributed by atoms with Crippen LogP contribution in [-0.4, -0.2) is 41.6 Å². The van der Waals surface area contributed by atoms with Crippen LogP contribution in [0, 0.1) is 10.1 Å². The first-order valence-electron chi connectivity index (χ1n) is 10.8. The minimum atomic E-state index is -4.51. The van der Waals surface area contributed by atoms with Crippen molar-refractivity contribution in [1.82, 2.24) is 4.90 Å². The second kappa shape index (κ2) is 10.3. The maximum Gasteiger partial charge on any atom is 0.346 e. The highest BCUT2D eigenvalue weighted by atomic mass is 32.2. The summed E-state index contributed by atoms with van der Waals surface area (Å²) in [6, 6.07) is 9.51. The minimum absolute atomic E-state index is 0.0867. The molecule has 2 aliphatic rings. The third kappa shape index (κ3) is 5.34. The van der Waals surface area contributed by atoms with E-state index in [1.165, 1.54) is 49.6 Å². The van der Waals surface area contributed by atoms with E-state index in [0.29, 0.717) is 14.8 Å². The smallest absolute Gasteiger partial charge is 0.346 e. The molecule has 2 aromatic rings. The van der Waals surface area contributed by atoms with Gasteiger partial charge in [-0.15, -0.1) is 0 Å². The van der Waals surface area contributed by atoms with Crippen LogP contribution in [0.3, 0.4) is 0 Å². The van der Waals surface area contributed by atoms with Gasteiger partial charge in [-0.3, -0.25) is 19.8 Å². The first kappa shape index (κ1) is 25.1. The van der Waals surface area contributed by atoms with Gasteiger partial charge < -0.3 is 8.92 Å². The van der Waals surface area contributed by atoms with Crippen LogP contribution in [0.1, 0.15) is 37.7 Å². The first-order valence-corrected chi connectivity index (χ1v) is 13.5. The fraction of sp³-hybridized carbons (Fsp3) is 0.304. The molecular weight excluding hydrogens is 512 g/mol. The van der Waals surface area contributed by atoms with Crippen molar-refractivity contribution < 1.29 is 27.1 Å². The zero-order chi connectivity index (χ0) is 25.2. The van der Waals surface area contributed by atoms with Crippen LogP contribution in [-0.2, 0) is 14.9 Å². The van der Waals surface area contributed by atoms with E-state index in [9.17, 15) is 23.3 Å². The van der Waals surface area contributed by atoms with Crippen LogP contribution in [0.4, 0.5) is 5.69 Å². The summed E-state index contributed by atoms with van der Waals surface area (Å²) in [5, 5.41) is 11.2. The number of hydrogen-bond donors (Lipinski definition) is 0. The Hall–Kier alpha value is -2.96. The van der Waals surface area contributed by atoms with Crippen LogP contribution in [0.15, 0.2) is 52.3 Å². The van der Waals surface area contributed by atoms with Gasteiger partial charge in [0.1, 0.15) is 4.32 Å². The molecule has 1 saturated heterocycles. The zero-order valence-corrected chi connectivity index (χ0v) is 21.2. The predicted octanol–water partition coefficient (Wildman–Crippen LogP) is 4.91. The molecule has 0 aromatic heterocycles. The molecule has 1 amide bonds. The number of thioether (sulfide) groups is 1. The number of carbonyl (C=O) groups is 1. The maximum absolute atomic E-state index is 13.0. The highest BCUT2D eigenvalue weighted by Crippen LogP contribution is 2.39. The van der Waals surface area contributed by atoms with Gasteiger partial charge in [0.2, 0.25) is 0 Å². The Morgan fingerprint density at radius 1 is 1.14 bits per heavy atom. The van der Waals surface area contributed by atoms with Crippen LogP contribution >= 0.6 is 24.0 Å². The molecular formula is C23H22N2O7S3. The molecule has 0 N–H and O–H groups in total. The number of nitrogens with zero attached hydrogens (tertiary/aromatic N) is 2. The van der Waals surface area contributed by atoms with Gasteiger partial charge in [0.25, 0.3) is 11.6 Å². The van der Waals surface area contributed by atoms with Gasteiger partial charge in [-0.1, -0.05) is 61.4 Å². The molecule has 1 saturated carbocycles. The summed E-state index contributed by atoms with van der Waals surface area (Å²) in [6.45, 7) is 0. The Morgan fingerprint density at radius 2 is 1.86 bits per heavy atom. The lowest BCUT2D eigenvalue weighted by Gasteiger charge is -2.29. The summed E-state index contributed by atoms with van der Waals surface area (Å²) >= 11 is 6.70. The Kier molecular flexibility index (Phi) is 7.43. The van der Waals surface area contributed by atoms with Gasteiger partial charge in [0.15, 0.2) is 16.4 Å². The quantitative estimate of drug-likeness (QED) is 0.161. The largest absolute Gasteiger partial charge is 0.493 e. The average Bonchev–Trinajstić information content (AvgIpc) is 3.12. The van der Waals surface area contributed by atoms with Crippen LogP contribution < -0.4 is 8.92 Å². The topological polar surface area (TPSA) is 116 Å². The lowest BCUT2D eigenvalue weighted by Crippen LogP contribution is -2.39. The number of nitro groups is 1. The molecule has 1 aliphatic carbocycles. The predicted molar refractivity (Wildman–Crippen MR) is 136 cm³/mol. The highest BCUT2D eigenvalue weighted by molar-refractivity contribution is 8.26. The van der Waals surface area contributed by atoms with Crippen molar-refractivity contribution >= 4 is 56.1 Å². The van der Waals surface area contributed by atoms with Crippen molar-refractivity contribution in [2.45, 2.75) is 43.0 Å². The monoisotopic (exact) mass is 534 g/mol. The maximum atomic E-state index is 13.0. The fourth-order valence-electron chi connectivity index (χ4n) is 4.11. The standard InChI is InChI=1S/C23H22N2O7S3/c1-31-19-13-15(14-20-22(26)24(23(33)34-20)16-7-3-2-4-8-16)11-12-18(19)32-35(29,30)21-10-6-5-9-17(21)25(27)28/h5-6,9-14,16H,2-4,7-8H2,1H3/b20-14+. The van der Waals surface area contributed by atoms with Crippen LogP contribution in [0.2, 0.25) is 0 Å². The van der Waals surface area contributed by atoms with Gasteiger partial charge >= 0.3 is 10.1 Å². The normalized spacial score (nSPS) is 18.2. The van der Waals surface area contributed by atoms with E-state index in [-0.39, 0.29) is 23.4 Å². The third-order valence-corrected chi connectivity index (χ3v) is 8.39. The minimum Gasteiger partial charge on any atom is -0.493 e. The third-order valence-electron chi connectivity index (χ3n) is 5.78. The van der Waals surface area contributed by atoms with E-state index in [0.717, 1.165) is 37.8 Å². The van der Waals surface area contributed by atoms with E-state index in [1.54, 1.807) is 17.0 Å². The van der Waals surface area contributed by atoms with Gasteiger partial charge in [-0.2, -0.15) is 8.42 Å². The van der Waals surface area contributed by atoms with E-state index in [1.807, 2.05) is 0 Å². The van der Waals surface area contributed by atoms with Crippen LogP contribution in [0.25, 0.3) is 6.08 Å². The van der Waals surface area contributed by atoms with E-state index < -0.39 is 25.6 Å². The fourth-order valence-corrected chi connectivity index (χ4v) is 6.62. The molecule has 35 heavy (non-hydrogen) atoms. The molecule has 0 spiro atoms. The summed E-state index contributed by atoms with van der Waals surface area (Å²) in [6.07, 6.45) is 6.87. The molecule has 2 fully saturated rings. The van der Waals surface area contributed by atoms with E-state index in [4.69, 9.17) is 21.1 Å². The first-order chi connectivity index (χ1) is 16.7. The molecule has 2 aromatic carbocycles. The zero-order valence-electron chi connectivity index (χ0n) is 18.7. The second-order valence-corrected chi connectivity index (χ2v) is 11.2. The average molecular weight is 535 g/mol. The summed E-state index contributed by atoms with van der Waals surface area (Å²) < 4.78 is 36.5. The summed E-state index contributed by atoms with van der Waals surface area (Å²) in [5.74, 6) is -0.189. The molecule has 1 aliphatic heterocycles.